The molecule has 3 aromatic rings. The van der Waals surface area contributed by atoms with Crippen LogP contribution in [0.15, 0.2) is 48.7 Å². The van der Waals surface area contributed by atoms with E-state index in [-0.39, 0.29) is 11.9 Å². The molecule has 2 aromatic heterocycles. The van der Waals surface area contributed by atoms with Crippen LogP contribution < -0.4 is 5.32 Å². The van der Waals surface area contributed by atoms with Crippen molar-refractivity contribution in [3.63, 3.8) is 0 Å². The number of anilines is 2. The molecule has 0 aliphatic carbocycles. The molecule has 1 atom stereocenters. The molecule has 0 amide bonds. The van der Waals surface area contributed by atoms with E-state index in [0.29, 0.717) is 31.2 Å². The van der Waals surface area contributed by atoms with Crippen LogP contribution in [0, 0.1) is 19.7 Å². The topological polar surface area (TPSA) is 63.2 Å². The minimum atomic E-state index is -0.169. The third-order valence-electron chi connectivity index (χ3n) is 4.86. The summed E-state index contributed by atoms with van der Waals surface area (Å²) in [6.45, 7) is 6.49. The summed E-state index contributed by atoms with van der Waals surface area (Å²) in [5, 5.41) is 3.19. The average Bonchev–Trinajstić information content (AvgIpc) is 2.70. The predicted molar refractivity (Wildman–Crippen MR) is 109 cm³/mol. The summed E-state index contributed by atoms with van der Waals surface area (Å²) in [6.07, 6.45) is 1.62. The van der Waals surface area contributed by atoms with Crippen molar-refractivity contribution in [2.24, 2.45) is 0 Å². The minimum Gasteiger partial charge on any atom is -0.369 e. The molecule has 1 aliphatic heterocycles. The summed E-state index contributed by atoms with van der Waals surface area (Å²) in [6, 6.07) is 12.7. The summed E-state index contributed by atoms with van der Waals surface area (Å²) >= 11 is 0. The van der Waals surface area contributed by atoms with Crippen molar-refractivity contribution < 1.29 is 9.13 Å². The highest BCUT2D eigenvalue weighted by molar-refractivity contribution is 5.52. The predicted octanol–water partition coefficient (Wildman–Crippen LogP) is 3.94. The Labute approximate surface area is 169 Å². The van der Waals surface area contributed by atoms with E-state index in [9.17, 15) is 4.39 Å². The van der Waals surface area contributed by atoms with Gasteiger partial charge >= 0.3 is 0 Å². The Kier molecular flexibility index (Phi) is 5.78. The zero-order chi connectivity index (χ0) is 20.2. The quantitative estimate of drug-likeness (QED) is 0.708. The van der Waals surface area contributed by atoms with Crippen LogP contribution in [0.1, 0.15) is 28.7 Å². The number of rotatable bonds is 5. The molecular formula is C22H24FN5O. The van der Waals surface area contributed by atoms with Crippen LogP contribution >= 0.6 is 0 Å². The third kappa shape index (κ3) is 4.93. The van der Waals surface area contributed by atoms with Gasteiger partial charge in [0.25, 0.3) is 0 Å². The number of hydrogen-bond donors (Lipinski definition) is 1. The zero-order valence-electron chi connectivity index (χ0n) is 16.6. The van der Waals surface area contributed by atoms with Gasteiger partial charge in [0, 0.05) is 36.6 Å². The fraction of sp³-hybridized carbons (Fsp3) is 0.318. The van der Waals surface area contributed by atoms with E-state index in [0.717, 1.165) is 29.3 Å². The first-order valence-corrected chi connectivity index (χ1v) is 9.69. The van der Waals surface area contributed by atoms with Crippen molar-refractivity contribution in [3.8, 4) is 0 Å². The summed E-state index contributed by atoms with van der Waals surface area (Å²) in [5.41, 5.74) is 4.20. The number of aryl methyl sites for hydroxylation is 2. The highest BCUT2D eigenvalue weighted by Gasteiger charge is 2.23. The number of morpholine rings is 1. The Hall–Kier alpha value is -2.90. The Morgan fingerprint density at radius 1 is 1.14 bits per heavy atom. The molecule has 4 rings (SSSR count). The van der Waals surface area contributed by atoms with Crippen LogP contribution in [0.25, 0.3) is 0 Å². The van der Waals surface area contributed by atoms with Gasteiger partial charge < -0.3 is 10.1 Å². The van der Waals surface area contributed by atoms with Gasteiger partial charge in [-0.15, -0.1) is 0 Å². The van der Waals surface area contributed by atoms with Gasteiger partial charge in [-0.3, -0.25) is 9.88 Å². The Morgan fingerprint density at radius 3 is 2.66 bits per heavy atom. The number of nitrogens with zero attached hydrogens (tertiary/aromatic N) is 4. The highest BCUT2D eigenvalue weighted by Crippen LogP contribution is 2.24. The van der Waals surface area contributed by atoms with Gasteiger partial charge in [-0.1, -0.05) is 18.2 Å². The molecule has 0 spiro atoms. The van der Waals surface area contributed by atoms with Gasteiger partial charge in [-0.05, 0) is 38.1 Å². The Morgan fingerprint density at radius 2 is 1.93 bits per heavy atom. The normalized spacial score (nSPS) is 17.3. The zero-order valence-corrected chi connectivity index (χ0v) is 16.6. The molecule has 1 saturated heterocycles. The van der Waals surface area contributed by atoms with E-state index >= 15 is 0 Å². The SMILES string of the molecule is Cc1cc(C)nc(Nc2ccc([C@@H]3CN(Cc4ccccc4F)CCO3)nc2)n1. The minimum absolute atomic E-state index is 0.137. The number of halogens is 1. The molecule has 0 saturated carbocycles. The molecule has 1 fully saturated rings. The second-order valence-corrected chi connectivity index (χ2v) is 7.26. The van der Waals surface area contributed by atoms with Crippen LogP contribution in [-0.4, -0.2) is 39.5 Å². The maximum absolute atomic E-state index is 14.0. The van der Waals surface area contributed by atoms with Crippen LogP contribution in [0.3, 0.4) is 0 Å². The first-order chi connectivity index (χ1) is 14.1. The Balaban J connectivity index is 1.41. The molecule has 150 valence electrons. The smallest absolute Gasteiger partial charge is 0.227 e. The third-order valence-corrected chi connectivity index (χ3v) is 4.86. The first-order valence-electron chi connectivity index (χ1n) is 9.69. The molecule has 3 heterocycles. The number of ether oxygens (including phenoxy) is 1. The maximum Gasteiger partial charge on any atom is 0.227 e. The fourth-order valence-electron chi connectivity index (χ4n) is 3.47. The van der Waals surface area contributed by atoms with Gasteiger partial charge in [0.1, 0.15) is 11.9 Å². The molecule has 1 N–H and O–H groups in total. The van der Waals surface area contributed by atoms with Crippen LogP contribution in [0.2, 0.25) is 0 Å². The highest BCUT2D eigenvalue weighted by atomic mass is 19.1. The lowest BCUT2D eigenvalue weighted by molar-refractivity contribution is -0.0352. The average molecular weight is 393 g/mol. The van der Waals surface area contributed by atoms with Crippen molar-refractivity contribution in [2.75, 3.05) is 25.0 Å². The van der Waals surface area contributed by atoms with Crippen LogP contribution in [0.5, 0.6) is 0 Å². The van der Waals surface area contributed by atoms with Crippen molar-refractivity contribution >= 4 is 11.6 Å². The van der Waals surface area contributed by atoms with Crippen molar-refractivity contribution in [3.05, 3.63) is 77.1 Å². The van der Waals surface area contributed by atoms with Gasteiger partial charge in [0.2, 0.25) is 5.95 Å². The summed E-state index contributed by atoms with van der Waals surface area (Å²) in [7, 11) is 0. The molecular weight excluding hydrogens is 369 g/mol. The standard InChI is InChI=1S/C22H24FN5O/c1-15-11-16(2)26-22(25-15)27-18-7-8-20(24-12-18)21-14-28(9-10-29-21)13-17-5-3-4-6-19(17)23/h3-8,11-12,21H,9-10,13-14H2,1-2H3,(H,25,26,27)/t21-/m0/s1. The lowest BCUT2D eigenvalue weighted by atomic mass is 10.1. The molecule has 1 aromatic carbocycles. The van der Waals surface area contributed by atoms with Crippen molar-refractivity contribution in [1.29, 1.82) is 0 Å². The van der Waals surface area contributed by atoms with Gasteiger partial charge in [0.15, 0.2) is 0 Å². The van der Waals surface area contributed by atoms with Gasteiger partial charge in [-0.25, -0.2) is 14.4 Å². The summed E-state index contributed by atoms with van der Waals surface area (Å²) in [4.78, 5) is 15.5. The molecule has 0 bridgehead atoms. The molecule has 0 radical (unpaired) electrons. The van der Waals surface area contributed by atoms with E-state index in [4.69, 9.17) is 4.74 Å². The second kappa shape index (κ2) is 8.63. The molecule has 0 unspecified atom stereocenters. The molecule has 29 heavy (non-hydrogen) atoms. The Bertz CT molecular complexity index is 959. The monoisotopic (exact) mass is 393 g/mol. The van der Waals surface area contributed by atoms with Gasteiger partial charge in [-0.2, -0.15) is 0 Å². The summed E-state index contributed by atoms with van der Waals surface area (Å²) < 4.78 is 19.9. The largest absolute Gasteiger partial charge is 0.369 e. The van der Waals surface area contributed by atoms with E-state index in [1.165, 1.54) is 6.07 Å². The van der Waals surface area contributed by atoms with Gasteiger partial charge in [0.05, 0.1) is 24.2 Å². The summed E-state index contributed by atoms with van der Waals surface area (Å²) in [5.74, 6) is 0.389. The van der Waals surface area contributed by atoms with Crippen molar-refractivity contribution in [2.45, 2.75) is 26.5 Å². The number of aromatic nitrogens is 3. The number of benzene rings is 1. The lowest BCUT2D eigenvalue weighted by Crippen LogP contribution is -2.38. The first kappa shape index (κ1) is 19.4. The number of pyridine rings is 1. The van der Waals surface area contributed by atoms with Crippen LogP contribution in [-0.2, 0) is 11.3 Å². The number of nitrogens with one attached hydrogen (secondary N) is 1. The van der Waals surface area contributed by atoms with Crippen molar-refractivity contribution in [1.82, 2.24) is 19.9 Å². The van der Waals surface area contributed by atoms with E-state index < -0.39 is 0 Å². The van der Waals surface area contributed by atoms with E-state index in [2.05, 4.69) is 25.2 Å². The maximum atomic E-state index is 14.0. The molecule has 7 heteroatoms. The van der Waals surface area contributed by atoms with E-state index in [1.54, 1.807) is 12.3 Å². The van der Waals surface area contributed by atoms with Crippen LogP contribution in [0.4, 0.5) is 16.0 Å². The molecule has 6 nitrogen and oxygen atoms in total. The number of hydrogen-bond acceptors (Lipinski definition) is 6. The van der Waals surface area contributed by atoms with E-state index in [1.807, 2.05) is 44.2 Å². The fourth-order valence-corrected chi connectivity index (χ4v) is 3.47. The second-order valence-electron chi connectivity index (χ2n) is 7.26. The molecule has 1 aliphatic rings. The lowest BCUT2D eigenvalue weighted by Gasteiger charge is -2.32.